The minimum atomic E-state index is -0.228. The van der Waals surface area contributed by atoms with E-state index in [0.29, 0.717) is 6.42 Å². The highest BCUT2D eigenvalue weighted by atomic mass is 19.1. The Hall–Kier alpha value is -1.38. The average molecular weight is 221 g/mol. The number of hydrogen-bond acceptors (Lipinski definition) is 1. The van der Waals surface area contributed by atoms with Gasteiger partial charge in [-0.15, -0.1) is 0 Å². The lowest BCUT2D eigenvalue weighted by Gasteiger charge is -2.12. The molecule has 0 saturated carbocycles. The fourth-order valence-electron chi connectivity index (χ4n) is 2.10. The summed E-state index contributed by atoms with van der Waals surface area (Å²) in [6, 6.07) is 6.41. The van der Waals surface area contributed by atoms with Crippen molar-refractivity contribution in [2.24, 2.45) is 5.92 Å². The lowest BCUT2D eigenvalue weighted by molar-refractivity contribution is -0.124. The fourth-order valence-corrected chi connectivity index (χ4v) is 2.10. The summed E-state index contributed by atoms with van der Waals surface area (Å²) < 4.78 is 12.7. The molecule has 1 unspecified atom stereocenters. The number of halogens is 1. The Morgan fingerprint density at radius 2 is 2.00 bits per heavy atom. The SMILES string of the molecule is O=C1NCCCCC1Cc1ccc(F)cc1. The Morgan fingerprint density at radius 1 is 1.25 bits per heavy atom. The highest BCUT2D eigenvalue weighted by molar-refractivity contribution is 5.79. The van der Waals surface area contributed by atoms with Gasteiger partial charge in [-0.25, -0.2) is 4.39 Å². The summed E-state index contributed by atoms with van der Waals surface area (Å²) in [5.74, 6) is -0.0381. The first-order valence-corrected chi connectivity index (χ1v) is 5.78. The normalized spacial score (nSPS) is 21.3. The van der Waals surface area contributed by atoms with Gasteiger partial charge in [0.2, 0.25) is 5.91 Å². The molecule has 1 aromatic carbocycles. The van der Waals surface area contributed by atoms with E-state index in [1.807, 2.05) is 0 Å². The van der Waals surface area contributed by atoms with Crippen molar-refractivity contribution in [1.82, 2.24) is 5.32 Å². The molecular weight excluding hydrogens is 205 g/mol. The summed E-state index contributed by atoms with van der Waals surface area (Å²) >= 11 is 0. The van der Waals surface area contributed by atoms with Gasteiger partial charge in [0.1, 0.15) is 5.82 Å². The number of amides is 1. The topological polar surface area (TPSA) is 29.1 Å². The molecule has 2 nitrogen and oxygen atoms in total. The molecule has 2 rings (SSSR count). The van der Waals surface area contributed by atoms with Crippen LogP contribution in [0.3, 0.4) is 0 Å². The van der Waals surface area contributed by atoms with Crippen LogP contribution in [0.2, 0.25) is 0 Å². The van der Waals surface area contributed by atoms with Crippen LogP contribution in [0.25, 0.3) is 0 Å². The van der Waals surface area contributed by atoms with Crippen molar-refractivity contribution in [1.29, 1.82) is 0 Å². The smallest absolute Gasteiger partial charge is 0.223 e. The molecule has 1 atom stereocenters. The van der Waals surface area contributed by atoms with Crippen LogP contribution in [0.1, 0.15) is 24.8 Å². The molecule has 1 amide bonds. The average Bonchev–Trinajstić information content (AvgIpc) is 2.48. The number of carbonyl (C=O) groups excluding carboxylic acids is 1. The third-order valence-corrected chi connectivity index (χ3v) is 3.04. The second-order valence-corrected chi connectivity index (χ2v) is 4.31. The van der Waals surface area contributed by atoms with Crippen LogP contribution in [-0.4, -0.2) is 12.5 Å². The lowest BCUT2D eigenvalue weighted by atomic mass is 9.94. The zero-order valence-corrected chi connectivity index (χ0v) is 9.21. The van der Waals surface area contributed by atoms with E-state index in [1.165, 1.54) is 12.1 Å². The van der Waals surface area contributed by atoms with Crippen LogP contribution < -0.4 is 5.32 Å². The molecule has 16 heavy (non-hydrogen) atoms. The van der Waals surface area contributed by atoms with Gasteiger partial charge in [-0.2, -0.15) is 0 Å². The zero-order chi connectivity index (χ0) is 11.4. The van der Waals surface area contributed by atoms with E-state index in [2.05, 4.69) is 5.32 Å². The zero-order valence-electron chi connectivity index (χ0n) is 9.21. The molecule has 0 aliphatic carbocycles. The molecule has 1 aromatic rings. The van der Waals surface area contributed by atoms with Crippen molar-refractivity contribution in [3.8, 4) is 0 Å². The van der Waals surface area contributed by atoms with Gasteiger partial charge in [0.15, 0.2) is 0 Å². The quantitative estimate of drug-likeness (QED) is 0.815. The molecule has 1 N–H and O–H groups in total. The van der Waals surface area contributed by atoms with Gasteiger partial charge in [0, 0.05) is 12.5 Å². The van der Waals surface area contributed by atoms with E-state index in [4.69, 9.17) is 0 Å². The number of nitrogens with one attached hydrogen (secondary N) is 1. The third-order valence-electron chi connectivity index (χ3n) is 3.04. The first-order chi connectivity index (χ1) is 7.75. The first kappa shape index (κ1) is 11.1. The largest absolute Gasteiger partial charge is 0.356 e. The van der Waals surface area contributed by atoms with Gasteiger partial charge >= 0.3 is 0 Å². The van der Waals surface area contributed by atoms with Gasteiger partial charge in [0.25, 0.3) is 0 Å². The highest BCUT2D eigenvalue weighted by Crippen LogP contribution is 2.18. The minimum Gasteiger partial charge on any atom is -0.356 e. The maximum atomic E-state index is 12.7. The van der Waals surface area contributed by atoms with Crippen molar-refractivity contribution < 1.29 is 9.18 Å². The third kappa shape index (κ3) is 2.81. The van der Waals surface area contributed by atoms with E-state index in [9.17, 15) is 9.18 Å². The van der Waals surface area contributed by atoms with Gasteiger partial charge in [-0.3, -0.25) is 4.79 Å². The van der Waals surface area contributed by atoms with Crippen molar-refractivity contribution >= 4 is 5.91 Å². The van der Waals surface area contributed by atoms with Crippen LogP contribution in [0.4, 0.5) is 4.39 Å². The molecule has 0 radical (unpaired) electrons. The molecule has 1 heterocycles. The van der Waals surface area contributed by atoms with Crippen molar-refractivity contribution in [2.75, 3.05) is 6.54 Å². The predicted octanol–water partition coefficient (Wildman–Crippen LogP) is 2.28. The van der Waals surface area contributed by atoms with E-state index in [1.54, 1.807) is 12.1 Å². The number of rotatable bonds is 2. The van der Waals surface area contributed by atoms with Crippen molar-refractivity contribution in [3.63, 3.8) is 0 Å². The molecule has 1 fully saturated rings. The molecule has 0 spiro atoms. The lowest BCUT2D eigenvalue weighted by Crippen LogP contribution is -2.30. The van der Waals surface area contributed by atoms with E-state index in [-0.39, 0.29) is 17.6 Å². The maximum Gasteiger partial charge on any atom is 0.223 e. The fraction of sp³-hybridized carbons (Fsp3) is 0.462. The van der Waals surface area contributed by atoms with E-state index >= 15 is 0 Å². The number of carbonyl (C=O) groups is 1. The minimum absolute atomic E-state index is 0.0490. The second-order valence-electron chi connectivity index (χ2n) is 4.31. The predicted molar refractivity (Wildman–Crippen MR) is 60.5 cm³/mol. The summed E-state index contributed by atoms with van der Waals surface area (Å²) in [5, 5.41) is 2.91. The van der Waals surface area contributed by atoms with Crippen LogP contribution >= 0.6 is 0 Å². The molecule has 1 aliphatic rings. The van der Waals surface area contributed by atoms with Gasteiger partial charge < -0.3 is 5.32 Å². The Bertz CT molecular complexity index is 361. The summed E-state index contributed by atoms with van der Waals surface area (Å²) in [4.78, 5) is 11.7. The Balaban J connectivity index is 2.02. The van der Waals surface area contributed by atoms with E-state index in [0.717, 1.165) is 31.4 Å². The van der Waals surface area contributed by atoms with Gasteiger partial charge in [-0.05, 0) is 37.0 Å². The Morgan fingerprint density at radius 3 is 2.75 bits per heavy atom. The van der Waals surface area contributed by atoms with Crippen LogP contribution in [0, 0.1) is 11.7 Å². The number of benzene rings is 1. The molecule has 1 saturated heterocycles. The second kappa shape index (κ2) is 5.10. The first-order valence-electron chi connectivity index (χ1n) is 5.78. The molecular formula is C13H16FNO. The monoisotopic (exact) mass is 221 g/mol. The summed E-state index contributed by atoms with van der Waals surface area (Å²) in [6.45, 7) is 0.790. The van der Waals surface area contributed by atoms with Crippen LogP contribution in [-0.2, 0) is 11.2 Å². The van der Waals surface area contributed by atoms with Crippen LogP contribution in [0.5, 0.6) is 0 Å². The van der Waals surface area contributed by atoms with Gasteiger partial charge in [-0.1, -0.05) is 18.6 Å². The Kier molecular flexibility index (Phi) is 3.54. The summed E-state index contributed by atoms with van der Waals surface area (Å²) in [5.41, 5.74) is 1.03. The molecule has 1 aliphatic heterocycles. The molecule has 0 bridgehead atoms. The van der Waals surface area contributed by atoms with Gasteiger partial charge in [0.05, 0.1) is 0 Å². The summed E-state index contributed by atoms with van der Waals surface area (Å²) in [6.07, 6.45) is 3.80. The number of hydrogen-bond donors (Lipinski definition) is 1. The highest BCUT2D eigenvalue weighted by Gasteiger charge is 2.20. The van der Waals surface area contributed by atoms with E-state index < -0.39 is 0 Å². The Labute approximate surface area is 94.9 Å². The summed E-state index contributed by atoms with van der Waals surface area (Å²) in [7, 11) is 0. The maximum absolute atomic E-state index is 12.7. The standard InChI is InChI=1S/C13H16FNO/c14-12-6-4-10(5-7-12)9-11-3-1-2-8-15-13(11)16/h4-7,11H,1-3,8-9H2,(H,15,16). The molecule has 3 heteroatoms. The van der Waals surface area contributed by atoms with Crippen molar-refractivity contribution in [3.05, 3.63) is 35.6 Å². The van der Waals surface area contributed by atoms with Crippen molar-refractivity contribution in [2.45, 2.75) is 25.7 Å². The molecule has 86 valence electrons. The molecule has 0 aromatic heterocycles. The van der Waals surface area contributed by atoms with Crippen LogP contribution in [0.15, 0.2) is 24.3 Å².